The molecule has 0 heterocycles. The van der Waals surface area contributed by atoms with Crippen LogP contribution in [-0.4, -0.2) is 62.6 Å². The highest BCUT2D eigenvalue weighted by Crippen LogP contribution is 2.33. The Morgan fingerprint density at radius 2 is 1.91 bits per heavy atom. The van der Waals surface area contributed by atoms with E-state index in [9.17, 15) is 28.1 Å². The van der Waals surface area contributed by atoms with Gasteiger partial charge in [0.05, 0.1) is 18.3 Å². The summed E-state index contributed by atoms with van der Waals surface area (Å²) in [5.41, 5.74) is 0.0696. The number of hydrogen-bond acceptors (Lipinski definition) is 7. The highest BCUT2D eigenvalue weighted by molar-refractivity contribution is 7.92. The number of anilines is 1. The molecule has 0 saturated carbocycles. The van der Waals surface area contributed by atoms with Crippen LogP contribution in [0.4, 0.5) is 11.4 Å². The fraction of sp³-hybridized carbons (Fsp3) is 0.364. The van der Waals surface area contributed by atoms with Crippen LogP contribution in [0.3, 0.4) is 0 Å². The lowest BCUT2D eigenvalue weighted by Crippen LogP contribution is -2.51. The number of ether oxygens (including phenoxy) is 1. The highest BCUT2D eigenvalue weighted by atomic mass is 35.5. The second kappa shape index (κ2) is 11.8. The maximum absolute atomic E-state index is 13.5. The molecule has 0 aliphatic carbocycles. The number of halogens is 1. The van der Waals surface area contributed by atoms with Crippen molar-refractivity contribution in [1.29, 1.82) is 0 Å². The number of nitro groups is 1. The zero-order chi connectivity index (χ0) is 26.3. The molecule has 0 saturated heterocycles. The van der Waals surface area contributed by atoms with Gasteiger partial charge in [0.15, 0.2) is 0 Å². The molecule has 0 radical (unpaired) electrons. The quantitative estimate of drug-likeness (QED) is 0.350. The van der Waals surface area contributed by atoms with Crippen LogP contribution in [0.5, 0.6) is 5.75 Å². The Bertz CT molecular complexity index is 1210. The molecule has 2 aromatic carbocycles. The number of sulfonamides is 1. The highest BCUT2D eigenvalue weighted by Gasteiger charge is 2.31. The van der Waals surface area contributed by atoms with Crippen LogP contribution in [0.15, 0.2) is 42.5 Å². The fourth-order valence-corrected chi connectivity index (χ4v) is 4.38. The lowest BCUT2D eigenvalue weighted by Gasteiger charge is -2.31. The number of benzene rings is 2. The minimum Gasteiger partial charge on any atom is -0.495 e. The van der Waals surface area contributed by atoms with Crippen molar-refractivity contribution >= 4 is 44.8 Å². The van der Waals surface area contributed by atoms with Crippen LogP contribution < -0.4 is 14.4 Å². The van der Waals surface area contributed by atoms with Crippen molar-refractivity contribution in [3.05, 3.63) is 63.2 Å². The smallest absolute Gasteiger partial charge is 0.271 e. The normalized spacial score (nSPS) is 11.9. The number of hydrogen-bond donors (Lipinski definition) is 1. The number of amides is 2. The Morgan fingerprint density at radius 1 is 1.23 bits per heavy atom. The van der Waals surface area contributed by atoms with E-state index in [0.717, 1.165) is 22.7 Å². The number of rotatable bonds is 11. The number of likely N-dealkylation sites (N-methyl/N-ethyl adjacent to an activating group) is 1. The molecule has 0 bridgehead atoms. The van der Waals surface area contributed by atoms with Crippen molar-refractivity contribution in [2.45, 2.75) is 26.4 Å². The first-order valence-electron chi connectivity index (χ1n) is 10.5. The molecule has 2 amide bonds. The van der Waals surface area contributed by atoms with E-state index in [1.807, 2.05) is 0 Å². The third-order valence-corrected chi connectivity index (χ3v) is 6.44. The van der Waals surface area contributed by atoms with Crippen molar-refractivity contribution in [3.8, 4) is 5.75 Å². The molecule has 13 heteroatoms. The fourth-order valence-electron chi connectivity index (χ4n) is 3.32. The second-order valence-corrected chi connectivity index (χ2v) is 9.95. The molecule has 0 aliphatic rings. The minimum absolute atomic E-state index is 0.0204. The van der Waals surface area contributed by atoms with E-state index in [1.165, 1.54) is 25.0 Å². The van der Waals surface area contributed by atoms with E-state index in [1.54, 1.807) is 31.2 Å². The summed E-state index contributed by atoms with van der Waals surface area (Å²) in [6.45, 7) is 2.84. The summed E-state index contributed by atoms with van der Waals surface area (Å²) in [5, 5.41) is 14.4. The third kappa shape index (κ3) is 7.30. The van der Waals surface area contributed by atoms with Crippen LogP contribution >= 0.6 is 11.6 Å². The monoisotopic (exact) mass is 526 g/mol. The van der Waals surface area contributed by atoms with Crippen molar-refractivity contribution < 1.29 is 27.7 Å². The summed E-state index contributed by atoms with van der Waals surface area (Å²) in [6, 6.07) is 9.16. The first kappa shape index (κ1) is 27.9. The minimum atomic E-state index is -4.10. The molecule has 0 unspecified atom stereocenters. The Balaban J connectivity index is 2.51. The number of carbonyl (C=O) groups is 2. The average Bonchev–Trinajstić information content (AvgIpc) is 2.79. The third-order valence-electron chi connectivity index (χ3n) is 5.08. The maximum atomic E-state index is 13.5. The Hall–Kier alpha value is -3.38. The molecule has 2 rings (SSSR count). The molecule has 11 nitrogen and oxygen atoms in total. The summed E-state index contributed by atoms with van der Waals surface area (Å²) in [6.07, 6.45) is 0.868. The topological polar surface area (TPSA) is 139 Å². The van der Waals surface area contributed by atoms with Crippen LogP contribution in [0.1, 0.15) is 19.4 Å². The molecule has 0 aliphatic heterocycles. The second-order valence-electron chi connectivity index (χ2n) is 7.61. The molecule has 0 fully saturated rings. The number of nitrogens with zero attached hydrogens (tertiary/aromatic N) is 3. The number of nitrogens with one attached hydrogen (secondary N) is 1. The Morgan fingerprint density at radius 3 is 2.46 bits per heavy atom. The van der Waals surface area contributed by atoms with Crippen molar-refractivity contribution in [1.82, 2.24) is 10.2 Å². The molecular formula is C22H27ClN4O7S. The van der Waals surface area contributed by atoms with Gasteiger partial charge in [0.2, 0.25) is 21.8 Å². The van der Waals surface area contributed by atoms with Gasteiger partial charge in [-0.3, -0.25) is 24.0 Å². The van der Waals surface area contributed by atoms with E-state index in [4.69, 9.17) is 16.3 Å². The van der Waals surface area contributed by atoms with Crippen molar-refractivity contribution in [2.24, 2.45) is 0 Å². The van der Waals surface area contributed by atoms with E-state index in [2.05, 4.69) is 5.32 Å². The zero-order valence-electron chi connectivity index (χ0n) is 19.7. The van der Waals surface area contributed by atoms with Gasteiger partial charge in [-0.1, -0.05) is 23.7 Å². The lowest BCUT2D eigenvalue weighted by atomic mass is 10.1. The molecule has 2 aromatic rings. The molecule has 1 atom stereocenters. The van der Waals surface area contributed by atoms with Crippen LogP contribution in [-0.2, 0) is 26.2 Å². The largest absolute Gasteiger partial charge is 0.495 e. The van der Waals surface area contributed by atoms with Gasteiger partial charge in [0, 0.05) is 30.2 Å². The van der Waals surface area contributed by atoms with Gasteiger partial charge < -0.3 is 15.0 Å². The van der Waals surface area contributed by atoms with Gasteiger partial charge in [0.1, 0.15) is 24.0 Å². The van der Waals surface area contributed by atoms with Crippen LogP contribution in [0.25, 0.3) is 0 Å². The van der Waals surface area contributed by atoms with Crippen molar-refractivity contribution in [2.75, 3.05) is 30.8 Å². The van der Waals surface area contributed by atoms with Crippen molar-refractivity contribution in [3.63, 3.8) is 0 Å². The number of nitro benzene ring substituents is 1. The van der Waals surface area contributed by atoms with Gasteiger partial charge >= 0.3 is 0 Å². The predicted molar refractivity (Wildman–Crippen MR) is 132 cm³/mol. The molecule has 190 valence electrons. The Labute approximate surface area is 208 Å². The zero-order valence-corrected chi connectivity index (χ0v) is 21.3. The first-order chi connectivity index (χ1) is 16.4. The van der Waals surface area contributed by atoms with Gasteiger partial charge in [-0.15, -0.1) is 0 Å². The first-order valence-corrected chi connectivity index (χ1v) is 12.7. The summed E-state index contributed by atoms with van der Waals surface area (Å²) in [4.78, 5) is 37.8. The molecule has 0 aromatic heterocycles. The van der Waals surface area contributed by atoms with Gasteiger partial charge in [-0.2, -0.15) is 0 Å². The van der Waals surface area contributed by atoms with E-state index in [-0.39, 0.29) is 23.7 Å². The summed E-state index contributed by atoms with van der Waals surface area (Å²) in [7, 11) is -2.82. The number of methoxy groups -OCH3 is 1. The SMILES string of the molecule is CCNC(=O)[C@H](C)N(Cc1cccc(Cl)c1)C(=O)CN(c1cc([N+](=O)[O-])ccc1OC)S(C)(=O)=O. The van der Waals surface area contributed by atoms with Gasteiger partial charge in [0.25, 0.3) is 5.69 Å². The Kier molecular flexibility index (Phi) is 9.43. The van der Waals surface area contributed by atoms with E-state index in [0.29, 0.717) is 17.1 Å². The van der Waals surface area contributed by atoms with E-state index < -0.39 is 39.3 Å². The number of carbonyl (C=O) groups excluding carboxylic acids is 2. The maximum Gasteiger partial charge on any atom is 0.271 e. The summed E-state index contributed by atoms with van der Waals surface area (Å²) in [5.74, 6) is -1.11. The molecule has 1 N–H and O–H groups in total. The van der Waals surface area contributed by atoms with E-state index >= 15 is 0 Å². The molecular weight excluding hydrogens is 500 g/mol. The predicted octanol–water partition coefficient (Wildman–Crippen LogP) is 2.58. The molecule has 0 spiro atoms. The van der Waals surface area contributed by atoms with Crippen LogP contribution in [0.2, 0.25) is 5.02 Å². The standard InChI is InChI=1S/C22H27ClN4O7S/c1-5-24-22(29)15(2)25(13-16-7-6-8-17(23)11-16)21(28)14-26(35(4,32)33)19-12-18(27(30)31)9-10-20(19)34-3/h6-12,15H,5,13-14H2,1-4H3,(H,24,29)/t15-/m0/s1. The number of non-ortho nitro benzene ring substituents is 1. The summed E-state index contributed by atoms with van der Waals surface area (Å²) >= 11 is 6.06. The van der Waals surface area contributed by atoms with Gasteiger partial charge in [-0.25, -0.2) is 8.42 Å². The summed E-state index contributed by atoms with van der Waals surface area (Å²) < 4.78 is 31.3. The van der Waals surface area contributed by atoms with Crippen LogP contribution in [0, 0.1) is 10.1 Å². The van der Waals surface area contributed by atoms with Gasteiger partial charge in [-0.05, 0) is 37.6 Å². The average molecular weight is 527 g/mol. The molecule has 35 heavy (non-hydrogen) atoms. The lowest BCUT2D eigenvalue weighted by molar-refractivity contribution is -0.384.